The van der Waals surface area contributed by atoms with Crippen LogP contribution in [-0.2, 0) is 21.8 Å². The topological polar surface area (TPSA) is 106 Å². The molecule has 0 saturated carbocycles. The number of pyridine rings is 1. The summed E-state index contributed by atoms with van der Waals surface area (Å²) in [5.41, 5.74) is 1.86. The van der Waals surface area contributed by atoms with Crippen molar-refractivity contribution in [1.82, 2.24) is 24.4 Å². The summed E-state index contributed by atoms with van der Waals surface area (Å²) in [6.45, 7) is 0.595. The average Bonchev–Trinajstić information content (AvgIpc) is 3.14. The third-order valence-corrected chi connectivity index (χ3v) is 6.32. The molecule has 2 aromatic rings. The van der Waals surface area contributed by atoms with Gasteiger partial charge in [-0.1, -0.05) is 0 Å². The molecule has 9 nitrogen and oxygen atoms in total. The first-order chi connectivity index (χ1) is 11.8. The Hall–Kier alpha value is -2.04. The van der Waals surface area contributed by atoms with Crippen LogP contribution in [0.4, 0.5) is 0 Å². The average molecular weight is 367 g/mol. The number of nitrogens with one attached hydrogen (secondary N) is 1. The largest absolute Gasteiger partial charge is 0.379 e. The third-order valence-electron chi connectivity index (χ3n) is 4.36. The normalized spacial score (nSPS) is 21.1. The lowest BCUT2D eigenvalue weighted by Crippen LogP contribution is -2.43. The molecular formula is C15H21N5O4S. The van der Waals surface area contributed by atoms with E-state index in [9.17, 15) is 13.2 Å². The number of aryl methyl sites for hydroxylation is 1. The third kappa shape index (κ3) is 3.65. The van der Waals surface area contributed by atoms with Crippen molar-refractivity contribution in [3.63, 3.8) is 0 Å². The second-order valence-electron chi connectivity index (χ2n) is 6.33. The lowest BCUT2D eigenvalue weighted by Gasteiger charge is -2.21. The summed E-state index contributed by atoms with van der Waals surface area (Å²) in [4.78, 5) is 16.7. The summed E-state index contributed by atoms with van der Waals surface area (Å²) < 4.78 is 32.4. The molecule has 1 aliphatic rings. The van der Waals surface area contributed by atoms with E-state index in [0.29, 0.717) is 24.3 Å². The number of nitrogens with zero attached hydrogens (tertiary/aromatic N) is 4. The van der Waals surface area contributed by atoms with Crippen LogP contribution >= 0.6 is 0 Å². The summed E-state index contributed by atoms with van der Waals surface area (Å²) in [5.74, 6) is -0.660. The van der Waals surface area contributed by atoms with Crippen molar-refractivity contribution < 1.29 is 17.9 Å². The Kier molecular flexibility index (Phi) is 4.76. The van der Waals surface area contributed by atoms with Gasteiger partial charge in [-0.3, -0.25) is 14.5 Å². The maximum Gasteiger partial charge on any atom is 0.253 e. The van der Waals surface area contributed by atoms with E-state index in [2.05, 4.69) is 15.4 Å². The van der Waals surface area contributed by atoms with Crippen LogP contribution in [-0.4, -0.2) is 72.5 Å². The van der Waals surface area contributed by atoms with Gasteiger partial charge in [0.2, 0.25) is 10.0 Å². The standard InChI is InChI=1S/C15H21N5O4S/c1-19(2)25(22,23)9-11-7-24-8-13(11)18-15(21)10-4-14-12(16-5-10)6-17-20(14)3/h4-6,11,13H,7-9H2,1-3H3,(H,18,21)/t11-,13-/m0/s1. The summed E-state index contributed by atoms with van der Waals surface area (Å²) in [7, 11) is 1.40. The Labute approximate surface area is 146 Å². The van der Waals surface area contributed by atoms with Crippen molar-refractivity contribution in [3.05, 3.63) is 24.0 Å². The van der Waals surface area contributed by atoms with Crippen LogP contribution in [0.5, 0.6) is 0 Å². The summed E-state index contributed by atoms with van der Waals surface area (Å²) in [6.07, 6.45) is 3.12. The molecule has 3 rings (SSSR count). The van der Waals surface area contributed by atoms with Gasteiger partial charge >= 0.3 is 0 Å². The van der Waals surface area contributed by atoms with Gasteiger partial charge in [-0.25, -0.2) is 12.7 Å². The number of ether oxygens (including phenoxy) is 1. The van der Waals surface area contributed by atoms with Gasteiger partial charge in [0.15, 0.2) is 0 Å². The zero-order valence-corrected chi connectivity index (χ0v) is 15.2. The zero-order valence-electron chi connectivity index (χ0n) is 14.3. The van der Waals surface area contributed by atoms with Gasteiger partial charge in [-0.15, -0.1) is 0 Å². The molecule has 1 aliphatic heterocycles. The molecule has 3 heterocycles. The highest BCUT2D eigenvalue weighted by molar-refractivity contribution is 7.89. The number of amides is 1. The Morgan fingerprint density at radius 2 is 2.16 bits per heavy atom. The van der Waals surface area contributed by atoms with E-state index in [-0.39, 0.29) is 23.6 Å². The van der Waals surface area contributed by atoms with Gasteiger partial charge in [-0.2, -0.15) is 5.10 Å². The number of carbonyl (C=O) groups is 1. The molecule has 0 unspecified atom stereocenters. The molecule has 0 aromatic carbocycles. The van der Waals surface area contributed by atoms with Crippen molar-refractivity contribution in [1.29, 1.82) is 0 Å². The zero-order chi connectivity index (χ0) is 18.2. The number of hydrogen-bond acceptors (Lipinski definition) is 6. The molecule has 1 N–H and O–H groups in total. The Balaban J connectivity index is 1.73. The van der Waals surface area contributed by atoms with E-state index in [0.717, 1.165) is 5.52 Å². The molecule has 0 radical (unpaired) electrons. The smallest absolute Gasteiger partial charge is 0.253 e. The van der Waals surface area contributed by atoms with Crippen LogP contribution in [0.1, 0.15) is 10.4 Å². The first kappa shape index (κ1) is 17.8. The summed E-state index contributed by atoms with van der Waals surface area (Å²) in [6, 6.07) is 1.36. The maximum atomic E-state index is 12.5. The van der Waals surface area contributed by atoms with Gasteiger partial charge in [0, 0.05) is 33.3 Å². The highest BCUT2D eigenvalue weighted by Gasteiger charge is 2.34. The second-order valence-corrected chi connectivity index (χ2v) is 8.56. The Morgan fingerprint density at radius 1 is 1.40 bits per heavy atom. The molecular weight excluding hydrogens is 346 g/mol. The fourth-order valence-electron chi connectivity index (χ4n) is 2.74. The fourth-order valence-corrected chi connectivity index (χ4v) is 3.91. The van der Waals surface area contributed by atoms with E-state index >= 15 is 0 Å². The van der Waals surface area contributed by atoms with Crippen LogP contribution in [0.15, 0.2) is 18.5 Å². The quantitative estimate of drug-likeness (QED) is 0.771. The first-order valence-electron chi connectivity index (χ1n) is 7.84. The molecule has 1 saturated heterocycles. The lowest BCUT2D eigenvalue weighted by molar-refractivity contribution is 0.0926. The van der Waals surface area contributed by atoms with Gasteiger partial charge in [0.05, 0.1) is 42.3 Å². The van der Waals surface area contributed by atoms with Gasteiger partial charge in [-0.05, 0) is 6.07 Å². The minimum absolute atomic E-state index is 0.0655. The summed E-state index contributed by atoms with van der Waals surface area (Å²) >= 11 is 0. The highest BCUT2D eigenvalue weighted by atomic mass is 32.2. The maximum absolute atomic E-state index is 12.5. The molecule has 0 bridgehead atoms. The number of rotatable bonds is 5. The van der Waals surface area contributed by atoms with E-state index < -0.39 is 10.0 Å². The number of hydrogen-bond donors (Lipinski definition) is 1. The van der Waals surface area contributed by atoms with Crippen LogP contribution in [0, 0.1) is 5.92 Å². The van der Waals surface area contributed by atoms with Gasteiger partial charge in [0.25, 0.3) is 5.91 Å². The van der Waals surface area contributed by atoms with Crippen molar-refractivity contribution in [2.24, 2.45) is 13.0 Å². The fraction of sp³-hybridized carbons (Fsp3) is 0.533. The molecule has 10 heteroatoms. The highest BCUT2D eigenvalue weighted by Crippen LogP contribution is 2.18. The van der Waals surface area contributed by atoms with Crippen LogP contribution in [0.2, 0.25) is 0 Å². The van der Waals surface area contributed by atoms with E-state index in [1.54, 1.807) is 24.0 Å². The van der Waals surface area contributed by atoms with Crippen molar-refractivity contribution in [3.8, 4) is 0 Å². The van der Waals surface area contributed by atoms with E-state index in [1.807, 2.05) is 0 Å². The van der Waals surface area contributed by atoms with Gasteiger partial charge < -0.3 is 10.1 Å². The van der Waals surface area contributed by atoms with Crippen molar-refractivity contribution in [2.45, 2.75) is 6.04 Å². The van der Waals surface area contributed by atoms with Crippen molar-refractivity contribution >= 4 is 27.0 Å². The molecule has 0 spiro atoms. The lowest BCUT2D eigenvalue weighted by atomic mass is 10.1. The summed E-state index contributed by atoms with van der Waals surface area (Å²) in [5, 5.41) is 6.97. The first-order valence-corrected chi connectivity index (χ1v) is 9.45. The molecule has 1 amide bonds. The minimum atomic E-state index is -3.36. The van der Waals surface area contributed by atoms with Crippen LogP contribution in [0.3, 0.4) is 0 Å². The molecule has 1 fully saturated rings. The monoisotopic (exact) mass is 367 g/mol. The predicted octanol–water partition coefficient (Wildman–Crippen LogP) is -0.395. The van der Waals surface area contributed by atoms with Crippen LogP contribution in [0.25, 0.3) is 11.0 Å². The molecule has 0 aliphatic carbocycles. The van der Waals surface area contributed by atoms with Crippen LogP contribution < -0.4 is 5.32 Å². The minimum Gasteiger partial charge on any atom is -0.379 e. The molecule has 2 aromatic heterocycles. The number of sulfonamides is 1. The number of aromatic nitrogens is 3. The molecule has 136 valence electrons. The van der Waals surface area contributed by atoms with Crippen molar-refractivity contribution in [2.75, 3.05) is 33.1 Å². The second kappa shape index (κ2) is 6.70. The van der Waals surface area contributed by atoms with Gasteiger partial charge in [0.1, 0.15) is 5.52 Å². The number of carbonyl (C=O) groups excluding carboxylic acids is 1. The predicted molar refractivity (Wildman–Crippen MR) is 91.5 cm³/mol. The SMILES string of the molecule is CN(C)S(=O)(=O)C[C@@H]1COC[C@@H]1NC(=O)c1cnc2cnn(C)c2c1. The molecule has 2 atom stereocenters. The van der Waals surface area contributed by atoms with E-state index in [4.69, 9.17) is 4.74 Å². The Morgan fingerprint density at radius 3 is 2.88 bits per heavy atom. The number of fused-ring (bicyclic) bond motifs is 1. The molecule has 25 heavy (non-hydrogen) atoms. The van der Waals surface area contributed by atoms with E-state index in [1.165, 1.54) is 24.6 Å². The Bertz CT molecular complexity index is 892.